The number of halogens is 1. The summed E-state index contributed by atoms with van der Waals surface area (Å²) in [5, 5.41) is 10.4. The van der Waals surface area contributed by atoms with Crippen LogP contribution in [0.4, 0.5) is 21.0 Å². The summed E-state index contributed by atoms with van der Waals surface area (Å²) in [7, 11) is 3.97. The van der Waals surface area contributed by atoms with Gasteiger partial charge in [-0.3, -0.25) is 0 Å². The molecular formula is C24H29FN6O. The number of nitrogens with zero attached hydrogens (tertiary/aromatic N) is 3. The molecule has 4 rings (SSSR count). The maximum atomic E-state index is 13.0. The Morgan fingerprint density at radius 2 is 1.69 bits per heavy atom. The Bertz CT molecular complexity index is 1060. The van der Waals surface area contributed by atoms with Crippen molar-refractivity contribution in [2.24, 2.45) is 0 Å². The highest BCUT2D eigenvalue weighted by Gasteiger charge is 2.23. The van der Waals surface area contributed by atoms with Gasteiger partial charge in [0.05, 0.1) is 5.52 Å². The zero-order valence-corrected chi connectivity index (χ0v) is 18.4. The molecule has 1 aliphatic rings. The average molecular weight is 437 g/mol. The van der Waals surface area contributed by atoms with E-state index in [1.807, 2.05) is 43.3 Å². The first-order chi connectivity index (χ1) is 15.5. The summed E-state index contributed by atoms with van der Waals surface area (Å²) in [6, 6.07) is 14.3. The number of amides is 2. The Kier molecular flexibility index (Phi) is 6.68. The van der Waals surface area contributed by atoms with E-state index < -0.39 is 0 Å². The fourth-order valence-electron chi connectivity index (χ4n) is 4.05. The molecule has 0 saturated heterocycles. The van der Waals surface area contributed by atoms with Crippen molar-refractivity contribution in [2.75, 3.05) is 24.3 Å². The van der Waals surface area contributed by atoms with E-state index >= 15 is 0 Å². The molecule has 1 aromatic heterocycles. The van der Waals surface area contributed by atoms with Crippen LogP contribution in [0.3, 0.4) is 0 Å². The molecular weight excluding hydrogens is 407 g/mol. The molecule has 1 aliphatic carbocycles. The number of carbonyl (C=O) groups is 1. The van der Waals surface area contributed by atoms with Gasteiger partial charge >= 0.3 is 6.03 Å². The Morgan fingerprint density at radius 3 is 2.41 bits per heavy atom. The van der Waals surface area contributed by atoms with Gasteiger partial charge in [0.15, 0.2) is 0 Å². The molecule has 0 spiro atoms. The number of para-hydroxylation sites is 1. The Labute approximate surface area is 187 Å². The molecule has 1 heterocycles. The van der Waals surface area contributed by atoms with Crippen molar-refractivity contribution in [3.05, 3.63) is 59.9 Å². The van der Waals surface area contributed by atoms with Gasteiger partial charge in [0.2, 0.25) is 5.95 Å². The summed E-state index contributed by atoms with van der Waals surface area (Å²) in [5.41, 5.74) is 1.78. The van der Waals surface area contributed by atoms with Crippen molar-refractivity contribution in [1.29, 1.82) is 0 Å². The number of aromatic nitrogens is 2. The number of anilines is 2. The van der Waals surface area contributed by atoms with Crippen LogP contribution >= 0.6 is 0 Å². The second-order valence-electron chi connectivity index (χ2n) is 8.43. The third-order valence-electron chi connectivity index (χ3n) is 5.77. The van der Waals surface area contributed by atoms with E-state index in [0.717, 1.165) is 48.0 Å². The summed E-state index contributed by atoms with van der Waals surface area (Å²) in [4.78, 5) is 23.6. The number of hydrogen-bond acceptors (Lipinski definition) is 5. The summed E-state index contributed by atoms with van der Waals surface area (Å²) >= 11 is 0. The maximum Gasteiger partial charge on any atom is 0.315 e. The molecule has 7 nitrogen and oxygen atoms in total. The number of nitrogens with one attached hydrogen (secondary N) is 3. The van der Waals surface area contributed by atoms with E-state index in [-0.39, 0.29) is 23.9 Å². The van der Waals surface area contributed by atoms with Crippen molar-refractivity contribution in [3.63, 3.8) is 0 Å². The summed E-state index contributed by atoms with van der Waals surface area (Å²) in [6.07, 6.45) is 3.62. The van der Waals surface area contributed by atoms with Crippen LogP contribution in [0.5, 0.6) is 0 Å². The van der Waals surface area contributed by atoms with Gasteiger partial charge in [-0.25, -0.2) is 14.2 Å². The molecule has 3 N–H and O–H groups in total. The zero-order valence-electron chi connectivity index (χ0n) is 18.4. The SMILES string of the molecule is CN(C)c1nc(NC2CCC(NC(=O)NCc3ccc(F)cc3)CC2)nc2ccccc12. The number of carbonyl (C=O) groups excluding carboxylic acids is 1. The van der Waals surface area contributed by atoms with Crippen LogP contribution in [0, 0.1) is 5.82 Å². The van der Waals surface area contributed by atoms with Crippen LogP contribution in [0.15, 0.2) is 48.5 Å². The monoisotopic (exact) mass is 436 g/mol. The van der Waals surface area contributed by atoms with Crippen molar-refractivity contribution in [1.82, 2.24) is 20.6 Å². The van der Waals surface area contributed by atoms with Gasteiger partial charge < -0.3 is 20.9 Å². The van der Waals surface area contributed by atoms with Crippen LogP contribution < -0.4 is 20.9 Å². The van der Waals surface area contributed by atoms with E-state index in [4.69, 9.17) is 4.98 Å². The standard InChI is InChI=1S/C24H29FN6O/c1-31(2)22-20-5-3-4-6-21(20)29-23(30-22)27-18-11-13-19(14-12-18)28-24(32)26-15-16-7-9-17(25)10-8-16/h3-10,18-19H,11-15H2,1-2H3,(H2,26,28,32)(H,27,29,30). The predicted octanol–water partition coefficient (Wildman–Crippen LogP) is 4.06. The fraction of sp³-hybridized carbons (Fsp3) is 0.375. The normalized spacial score (nSPS) is 18.2. The summed E-state index contributed by atoms with van der Waals surface area (Å²) < 4.78 is 13.0. The molecule has 0 radical (unpaired) electrons. The highest BCUT2D eigenvalue weighted by atomic mass is 19.1. The van der Waals surface area contributed by atoms with Crippen LogP contribution in [-0.4, -0.2) is 42.2 Å². The predicted molar refractivity (Wildman–Crippen MR) is 125 cm³/mol. The van der Waals surface area contributed by atoms with Gasteiger partial charge in [-0.2, -0.15) is 4.98 Å². The van der Waals surface area contributed by atoms with Crippen molar-refractivity contribution in [3.8, 4) is 0 Å². The minimum atomic E-state index is -0.282. The topological polar surface area (TPSA) is 82.2 Å². The highest BCUT2D eigenvalue weighted by Crippen LogP contribution is 2.26. The van der Waals surface area contributed by atoms with Gasteiger partial charge in [0.1, 0.15) is 11.6 Å². The molecule has 168 valence electrons. The average Bonchev–Trinajstić information content (AvgIpc) is 2.79. The minimum absolute atomic E-state index is 0.135. The fourth-order valence-corrected chi connectivity index (χ4v) is 4.05. The van der Waals surface area contributed by atoms with E-state index in [1.54, 1.807) is 12.1 Å². The number of urea groups is 1. The second kappa shape index (κ2) is 9.80. The summed E-state index contributed by atoms with van der Waals surface area (Å²) in [5.74, 6) is 1.25. The lowest BCUT2D eigenvalue weighted by Gasteiger charge is -2.30. The molecule has 1 fully saturated rings. The maximum absolute atomic E-state index is 13.0. The molecule has 32 heavy (non-hydrogen) atoms. The Morgan fingerprint density at radius 1 is 1.00 bits per heavy atom. The minimum Gasteiger partial charge on any atom is -0.362 e. The van der Waals surface area contributed by atoms with Gasteiger partial charge in [0.25, 0.3) is 0 Å². The third kappa shape index (κ3) is 5.43. The van der Waals surface area contributed by atoms with Gasteiger partial charge in [-0.05, 0) is 55.5 Å². The van der Waals surface area contributed by atoms with Crippen LogP contribution in [0.2, 0.25) is 0 Å². The van der Waals surface area contributed by atoms with Gasteiger partial charge in [0, 0.05) is 38.1 Å². The Hall–Kier alpha value is -3.42. The molecule has 1 saturated carbocycles. The number of benzene rings is 2. The molecule has 0 unspecified atom stereocenters. The largest absolute Gasteiger partial charge is 0.362 e. The highest BCUT2D eigenvalue weighted by molar-refractivity contribution is 5.90. The number of rotatable bonds is 6. The number of hydrogen-bond donors (Lipinski definition) is 3. The van der Waals surface area contributed by atoms with Crippen molar-refractivity contribution < 1.29 is 9.18 Å². The van der Waals surface area contributed by atoms with Crippen molar-refractivity contribution in [2.45, 2.75) is 44.3 Å². The van der Waals surface area contributed by atoms with Gasteiger partial charge in [-0.1, -0.05) is 24.3 Å². The molecule has 3 aromatic rings. The second-order valence-corrected chi connectivity index (χ2v) is 8.43. The van der Waals surface area contributed by atoms with E-state index in [1.165, 1.54) is 12.1 Å². The smallest absolute Gasteiger partial charge is 0.315 e. The van der Waals surface area contributed by atoms with E-state index in [9.17, 15) is 9.18 Å². The lowest BCUT2D eigenvalue weighted by molar-refractivity contribution is 0.231. The van der Waals surface area contributed by atoms with Crippen LogP contribution in [0.25, 0.3) is 10.9 Å². The summed E-state index contributed by atoms with van der Waals surface area (Å²) in [6.45, 7) is 0.372. The quantitative estimate of drug-likeness (QED) is 0.543. The lowest BCUT2D eigenvalue weighted by atomic mass is 9.91. The van der Waals surface area contributed by atoms with Gasteiger partial charge in [-0.15, -0.1) is 0 Å². The molecule has 0 atom stereocenters. The lowest BCUT2D eigenvalue weighted by Crippen LogP contribution is -2.44. The first-order valence-electron chi connectivity index (χ1n) is 11.0. The first kappa shape index (κ1) is 21.8. The van der Waals surface area contributed by atoms with E-state index in [0.29, 0.717) is 12.5 Å². The molecule has 0 bridgehead atoms. The molecule has 0 aliphatic heterocycles. The van der Waals surface area contributed by atoms with Crippen LogP contribution in [0.1, 0.15) is 31.2 Å². The Balaban J connectivity index is 1.27. The van der Waals surface area contributed by atoms with Crippen molar-refractivity contribution >= 4 is 28.7 Å². The molecule has 2 amide bonds. The molecule has 2 aromatic carbocycles. The number of fused-ring (bicyclic) bond motifs is 1. The van der Waals surface area contributed by atoms with Crippen LogP contribution in [-0.2, 0) is 6.54 Å². The third-order valence-corrected chi connectivity index (χ3v) is 5.77. The first-order valence-corrected chi connectivity index (χ1v) is 11.0. The molecule has 8 heteroatoms. The zero-order chi connectivity index (χ0) is 22.5. The van der Waals surface area contributed by atoms with E-state index in [2.05, 4.69) is 20.9 Å².